The molecule has 0 atom stereocenters. The molecule has 0 aromatic heterocycles. The number of benzene rings is 2. The van der Waals surface area contributed by atoms with Crippen LogP contribution in [0.15, 0.2) is 54.6 Å². The molecule has 5 heteroatoms. The third-order valence-corrected chi connectivity index (χ3v) is 3.55. The van der Waals surface area contributed by atoms with E-state index >= 15 is 0 Å². The lowest BCUT2D eigenvalue weighted by Crippen LogP contribution is -2.30. The molecule has 0 aliphatic heterocycles. The highest BCUT2D eigenvalue weighted by atomic mass is 16.5. The highest BCUT2D eigenvalue weighted by molar-refractivity contribution is 5.82. The summed E-state index contributed by atoms with van der Waals surface area (Å²) in [6.45, 7) is 2.65. The van der Waals surface area contributed by atoms with Gasteiger partial charge in [-0.2, -0.15) is 0 Å². The number of rotatable bonds is 9. The Balaban J connectivity index is 1.63. The van der Waals surface area contributed by atoms with Crippen molar-refractivity contribution in [2.45, 2.75) is 26.4 Å². The van der Waals surface area contributed by atoms with Crippen LogP contribution < -0.4 is 10.1 Å². The molecule has 0 saturated carbocycles. The minimum Gasteiger partial charge on any atom is -0.494 e. The van der Waals surface area contributed by atoms with Crippen LogP contribution in [0.2, 0.25) is 0 Å². The second kappa shape index (κ2) is 10.1. The summed E-state index contributed by atoms with van der Waals surface area (Å²) >= 11 is 0. The Morgan fingerprint density at radius 3 is 2.36 bits per heavy atom. The lowest BCUT2D eigenvalue weighted by Gasteiger charge is -2.07. The van der Waals surface area contributed by atoms with E-state index in [-0.39, 0.29) is 19.1 Å². The van der Waals surface area contributed by atoms with Crippen LogP contribution in [-0.2, 0) is 27.4 Å². The Morgan fingerprint density at radius 2 is 1.68 bits per heavy atom. The molecule has 0 heterocycles. The quantitative estimate of drug-likeness (QED) is 0.712. The average molecular weight is 341 g/mol. The van der Waals surface area contributed by atoms with Crippen LogP contribution in [0, 0.1) is 0 Å². The molecule has 0 spiro atoms. The molecule has 2 aromatic rings. The zero-order chi connectivity index (χ0) is 17.9. The van der Waals surface area contributed by atoms with E-state index in [9.17, 15) is 9.59 Å². The van der Waals surface area contributed by atoms with Crippen molar-refractivity contribution >= 4 is 11.9 Å². The van der Waals surface area contributed by atoms with Gasteiger partial charge in [0.25, 0.3) is 0 Å². The molecule has 1 amide bonds. The number of nitrogens with one attached hydrogen (secondary N) is 1. The Morgan fingerprint density at radius 1 is 0.960 bits per heavy atom. The summed E-state index contributed by atoms with van der Waals surface area (Å²) in [7, 11) is 0. The standard InChI is InChI=1S/C20H23NO4/c1-2-24-18-11-8-16(9-12-18)10-13-19(22)21-14-20(23)25-15-17-6-4-3-5-7-17/h3-9,11-12H,2,10,13-15H2,1H3,(H,21,22). The van der Waals surface area contributed by atoms with Gasteiger partial charge >= 0.3 is 5.97 Å². The summed E-state index contributed by atoms with van der Waals surface area (Å²) in [5, 5.41) is 2.58. The fourth-order valence-electron chi connectivity index (χ4n) is 2.23. The van der Waals surface area contributed by atoms with Crippen molar-refractivity contribution in [3.8, 4) is 5.75 Å². The molecule has 1 N–H and O–H groups in total. The van der Waals surface area contributed by atoms with Gasteiger partial charge in [0.2, 0.25) is 5.91 Å². The third kappa shape index (κ3) is 7.08. The van der Waals surface area contributed by atoms with Crippen molar-refractivity contribution in [2.24, 2.45) is 0 Å². The molecule has 0 radical (unpaired) electrons. The number of esters is 1. The van der Waals surface area contributed by atoms with Crippen molar-refractivity contribution < 1.29 is 19.1 Å². The Labute approximate surface area is 148 Å². The Bertz CT molecular complexity index is 668. The van der Waals surface area contributed by atoms with E-state index in [0.29, 0.717) is 19.4 Å². The van der Waals surface area contributed by atoms with Crippen molar-refractivity contribution in [3.63, 3.8) is 0 Å². The van der Waals surface area contributed by atoms with Crippen LogP contribution in [-0.4, -0.2) is 25.0 Å². The summed E-state index contributed by atoms with van der Waals surface area (Å²) in [5.74, 6) is 0.195. The molecule has 2 aromatic carbocycles. The van der Waals surface area contributed by atoms with E-state index < -0.39 is 5.97 Å². The van der Waals surface area contributed by atoms with Crippen molar-refractivity contribution in [1.29, 1.82) is 0 Å². The van der Waals surface area contributed by atoms with Crippen LogP contribution >= 0.6 is 0 Å². The number of ether oxygens (including phenoxy) is 2. The first-order valence-corrected chi connectivity index (χ1v) is 8.35. The minimum absolute atomic E-state index is 0.116. The van der Waals surface area contributed by atoms with Gasteiger partial charge in [-0.15, -0.1) is 0 Å². The largest absolute Gasteiger partial charge is 0.494 e. The summed E-state index contributed by atoms with van der Waals surface area (Å²) in [5.41, 5.74) is 1.96. The van der Waals surface area contributed by atoms with Gasteiger partial charge in [-0.3, -0.25) is 9.59 Å². The summed E-state index contributed by atoms with van der Waals surface area (Å²) < 4.78 is 10.5. The van der Waals surface area contributed by atoms with Gasteiger partial charge in [-0.05, 0) is 36.6 Å². The number of aryl methyl sites for hydroxylation is 1. The Hall–Kier alpha value is -2.82. The lowest BCUT2D eigenvalue weighted by atomic mass is 10.1. The minimum atomic E-state index is -0.446. The number of carbonyl (C=O) groups is 2. The van der Waals surface area contributed by atoms with Crippen LogP contribution in [0.25, 0.3) is 0 Å². The number of amides is 1. The first kappa shape index (κ1) is 18.5. The smallest absolute Gasteiger partial charge is 0.325 e. The van der Waals surface area contributed by atoms with Gasteiger partial charge in [-0.25, -0.2) is 0 Å². The van der Waals surface area contributed by atoms with E-state index in [1.165, 1.54) is 0 Å². The molecular weight excluding hydrogens is 318 g/mol. The SMILES string of the molecule is CCOc1ccc(CCC(=O)NCC(=O)OCc2ccccc2)cc1. The topological polar surface area (TPSA) is 64.6 Å². The highest BCUT2D eigenvalue weighted by Gasteiger charge is 2.07. The molecule has 0 saturated heterocycles. The molecule has 132 valence electrons. The van der Waals surface area contributed by atoms with Crippen LogP contribution in [0.3, 0.4) is 0 Å². The highest BCUT2D eigenvalue weighted by Crippen LogP contribution is 2.13. The fourth-order valence-corrected chi connectivity index (χ4v) is 2.23. The molecule has 2 rings (SSSR count). The van der Waals surface area contributed by atoms with Gasteiger partial charge in [-0.1, -0.05) is 42.5 Å². The lowest BCUT2D eigenvalue weighted by molar-refractivity contribution is -0.145. The maximum Gasteiger partial charge on any atom is 0.325 e. The van der Waals surface area contributed by atoms with Gasteiger partial charge in [0, 0.05) is 6.42 Å². The van der Waals surface area contributed by atoms with E-state index in [1.54, 1.807) is 0 Å². The first-order chi connectivity index (χ1) is 12.2. The van der Waals surface area contributed by atoms with Crippen LogP contribution in [0.4, 0.5) is 0 Å². The van der Waals surface area contributed by atoms with Crippen LogP contribution in [0.5, 0.6) is 5.75 Å². The maximum absolute atomic E-state index is 11.8. The zero-order valence-corrected chi connectivity index (χ0v) is 14.4. The normalized spacial score (nSPS) is 10.1. The zero-order valence-electron chi connectivity index (χ0n) is 14.4. The van der Waals surface area contributed by atoms with Crippen LogP contribution in [0.1, 0.15) is 24.5 Å². The predicted molar refractivity (Wildman–Crippen MR) is 95.2 cm³/mol. The van der Waals surface area contributed by atoms with E-state index in [4.69, 9.17) is 9.47 Å². The average Bonchev–Trinajstić information content (AvgIpc) is 2.65. The second-order valence-corrected chi connectivity index (χ2v) is 5.50. The summed E-state index contributed by atoms with van der Waals surface area (Å²) in [4.78, 5) is 23.5. The van der Waals surface area contributed by atoms with Gasteiger partial charge in [0.15, 0.2) is 0 Å². The Kier molecular flexibility index (Phi) is 7.50. The third-order valence-electron chi connectivity index (χ3n) is 3.55. The predicted octanol–water partition coefficient (Wildman–Crippen LogP) is 2.88. The van der Waals surface area contributed by atoms with Crippen molar-refractivity contribution in [2.75, 3.05) is 13.2 Å². The molecule has 0 aliphatic rings. The molecule has 0 aliphatic carbocycles. The van der Waals surface area contributed by atoms with Gasteiger partial charge < -0.3 is 14.8 Å². The van der Waals surface area contributed by atoms with Gasteiger partial charge in [0.05, 0.1) is 6.61 Å². The van der Waals surface area contributed by atoms with Crippen molar-refractivity contribution in [1.82, 2.24) is 5.32 Å². The summed E-state index contributed by atoms with van der Waals surface area (Å²) in [6, 6.07) is 17.1. The molecule has 25 heavy (non-hydrogen) atoms. The number of hydrogen-bond donors (Lipinski definition) is 1. The first-order valence-electron chi connectivity index (χ1n) is 8.35. The fraction of sp³-hybridized carbons (Fsp3) is 0.300. The molecule has 0 unspecified atom stereocenters. The summed E-state index contributed by atoms with van der Waals surface area (Å²) in [6.07, 6.45) is 0.928. The van der Waals surface area contributed by atoms with E-state index in [0.717, 1.165) is 16.9 Å². The van der Waals surface area contributed by atoms with E-state index in [2.05, 4.69) is 5.32 Å². The second-order valence-electron chi connectivity index (χ2n) is 5.50. The van der Waals surface area contributed by atoms with E-state index in [1.807, 2.05) is 61.5 Å². The molecule has 0 fully saturated rings. The maximum atomic E-state index is 11.8. The molecule has 5 nitrogen and oxygen atoms in total. The molecule has 0 bridgehead atoms. The van der Waals surface area contributed by atoms with Gasteiger partial charge in [0.1, 0.15) is 18.9 Å². The monoisotopic (exact) mass is 341 g/mol. The number of carbonyl (C=O) groups excluding carboxylic acids is 2. The number of hydrogen-bond acceptors (Lipinski definition) is 4. The molecular formula is C20H23NO4. The van der Waals surface area contributed by atoms with Crippen molar-refractivity contribution in [3.05, 3.63) is 65.7 Å².